The van der Waals surface area contributed by atoms with Gasteiger partial charge in [0.1, 0.15) is 13.5 Å². The zero-order chi connectivity index (χ0) is 8.23. The van der Waals surface area contributed by atoms with E-state index in [0.717, 1.165) is 12.8 Å². The van der Waals surface area contributed by atoms with Crippen molar-refractivity contribution in [1.82, 2.24) is 10.4 Å². The maximum atomic E-state index is 5.27. The van der Waals surface area contributed by atoms with Gasteiger partial charge in [-0.25, -0.2) is 10.4 Å². The Kier molecular flexibility index (Phi) is 2.98. The van der Waals surface area contributed by atoms with Crippen molar-refractivity contribution < 1.29 is 4.74 Å². The van der Waals surface area contributed by atoms with Gasteiger partial charge in [0.25, 0.3) is 0 Å². The quantitative estimate of drug-likeness (QED) is 0.603. The van der Waals surface area contributed by atoms with E-state index in [4.69, 9.17) is 4.74 Å². The van der Waals surface area contributed by atoms with Crippen LogP contribution in [0.1, 0.15) is 38.5 Å². The lowest BCUT2D eigenvalue weighted by atomic mass is 10.1. The number of nitrogens with zero attached hydrogens (tertiary/aromatic N) is 1. The van der Waals surface area contributed by atoms with E-state index in [1.807, 2.05) is 0 Å². The second kappa shape index (κ2) is 4.21. The molecule has 0 aromatic carbocycles. The molecule has 0 amide bonds. The maximum Gasteiger partial charge on any atom is 0.114 e. The highest BCUT2D eigenvalue weighted by Gasteiger charge is 2.22. The molecule has 1 saturated carbocycles. The SMILES string of the molecule is C1CCCC(N2COCN2)CC1. The maximum absolute atomic E-state index is 5.27. The predicted molar refractivity (Wildman–Crippen MR) is 47.3 cm³/mol. The van der Waals surface area contributed by atoms with Crippen molar-refractivity contribution in [2.45, 2.75) is 44.6 Å². The topological polar surface area (TPSA) is 24.5 Å². The molecule has 0 aromatic heterocycles. The Balaban J connectivity index is 1.83. The molecule has 1 N–H and O–H groups in total. The molecular formula is C9H18N2O. The van der Waals surface area contributed by atoms with Gasteiger partial charge in [-0.15, -0.1) is 0 Å². The fraction of sp³-hybridized carbons (Fsp3) is 1.00. The van der Waals surface area contributed by atoms with Crippen molar-refractivity contribution in [3.63, 3.8) is 0 Å². The van der Waals surface area contributed by atoms with Crippen molar-refractivity contribution in [2.24, 2.45) is 0 Å². The number of ether oxygens (including phenoxy) is 1. The number of hydrogen-bond acceptors (Lipinski definition) is 3. The lowest BCUT2D eigenvalue weighted by Crippen LogP contribution is -2.40. The molecule has 1 heterocycles. The van der Waals surface area contributed by atoms with Crippen molar-refractivity contribution in [2.75, 3.05) is 13.5 Å². The molecule has 0 radical (unpaired) electrons. The van der Waals surface area contributed by atoms with Crippen LogP contribution in [0.5, 0.6) is 0 Å². The molecule has 1 saturated heterocycles. The summed E-state index contributed by atoms with van der Waals surface area (Å²) >= 11 is 0. The average Bonchev–Trinajstić information content (AvgIpc) is 2.48. The van der Waals surface area contributed by atoms with Gasteiger partial charge in [-0.1, -0.05) is 25.7 Å². The number of rotatable bonds is 1. The largest absolute Gasteiger partial charge is 0.348 e. The summed E-state index contributed by atoms with van der Waals surface area (Å²) in [5, 5.41) is 2.27. The van der Waals surface area contributed by atoms with Crippen LogP contribution in [-0.2, 0) is 4.74 Å². The summed E-state index contributed by atoms with van der Waals surface area (Å²) < 4.78 is 5.27. The third-order valence-electron chi connectivity index (χ3n) is 2.87. The van der Waals surface area contributed by atoms with E-state index < -0.39 is 0 Å². The van der Waals surface area contributed by atoms with E-state index in [2.05, 4.69) is 10.4 Å². The van der Waals surface area contributed by atoms with Crippen LogP contribution in [0.15, 0.2) is 0 Å². The summed E-state index contributed by atoms with van der Waals surface area (Å²) in [6.45, 7) is 1.49. The Morgan fingerprint density at radius 2 is 1.83 bits per heavy atom. The molecule has 0 bridgehead atoms. The van der Waals surface area contributed by atoms with Crippen LogP contribution in [0.25, 0.3) is 0 Å². The summed E-state index contributed by atoms with van der Waals surface area (Å²) in [6.07, 6.45) is 8.31. The van der Waals surface area contributed by atoms with E-state index in [1.165, 1.54) is 38.5 Å². The van der Waals surface area contributed by atoms with E-state index in [0.29, 0.717) is 6.73 Å². The summed E-state index contributed by atoms with van der Waals surface area (Å²) in [6, 6.07) is 0.731. The summed E-state index contributed by atoms with van der Waals surface area (Å²) in [7, 11) is 0. The summed E-state index contributed by atoms with van der Waals surface area (Å²) in [5.41, 5.74) is 3.27. The van der Waals surface area contributed by atoms with Crippen LogP contribution in [0.3, 0.4) is 0 Å². The van der Waals surface area contributed by atoms with Crippen molar-refractivity contribution >= 4 is 0 Å². The van der Waals surface area contributed by atoms with Crippen LogP contribution in [0, 0.1) is 0 Å². The van der Waals surface area contributed by atoms with Crippen LogP contribution in [-0.4, -0.2) is 24.5 Å². The summed E-state index contributed by atoms with van der Waals surface area (Å²) in [5.74, 6) is 0. The van der Waals surface area contributed by atoms with Crippen molar-refractivity contribution in [3.8, 4) is 0 Å². The van der Waals surface area contributed by atoms with Gasteiger partial charge in [0, 0.05) is 6.04 Å². The van der Waals surface area contributed by atoms with E-state index in [-0.39, 0.29) is 0 Å². The zero-order valence-electron chi connectivity index (χ0n) is 7.59. The van der Waals surface area contributed by atoms with Crippen LogP contribution in [0.2, 0.25) is 0 Å². The van der Waals surface area contributed by atoms with Gasteiger partial charge in [0.2, 0.25) is 0 Å². The molecule has 0 atom stereocenters. The molecule has 2 fully saturated rings. The molecule has 2 aliphatic rings. The van der Waals surface area contributed by atoms with Crippen LogP contribution < -0.4 is 5.43 Å². The highest BCUT2D eigenvalue weighted by Crippen LogP contribution is 2.21. The van der Waals surface area contributed by atoms with Gasteiger partial charge in [0.05, 0.1) is 0 Å². The van der Waals surface area contributed by atoms with Gasteiger partial charge < -0.3 is 4.74 Å². The molecular weight excluding hydrogens is 152 g/mol. The molecule has 3 heteroatoms. The molecule has 1 aliphatic heterocycles. The molecule has 0 unspecified atom stereocenters. The monoisotopic (exact) mass is 170 g/mol. The molecule has 2 rings (SSSR count). The van der Waals surface area contributed by atoms with Crippen molar-refractivity contribution in [1.29, 1.82) is 0 Å². The first kappa shape index (κ1) is 8.48. The number of hydrogen-bond donors (Lipinski definition) is 1. The lowest BCUT2D eigenvalue weighted by Gasteiger charge is -2.24. The van der Waals surface area contributed by atoms with E-state index in [9.17, 15) is 0 Å². The van der Waals surface area contributed by atoms with Crippen molar-refractivity contribution in [3.05, 3.63) is 0 Å². The second-order valence-electron chi connectivity index (χ2n) is 3.75. The first-order valence-corrected chi connectivity index (χ1v) is 5.05. The first-order chi connectivity index (χ1) is 5.97. The minimum atomic E-state index is 0.705. The van der Waals surface area contributed by atoms with Crippen LogP contribution >= 0.6 is 0 Å². The third kappa shape index (κ3) is 1.97. The van der Waals surface area contributed by atoms with Gasteiger partial charge in [0.15, 0.2) is 0 Å². The normalized spacial score (nSPS) is 29.0. The Morgan fingerprint density at radius 1 is 1.08 bits per heavy atom. The third-order valence-corrected chi connectivity index (χ3v) is 2.87. The molecule has 0 spiro atoms. The number of nitrogens with one attached hydrogen (secondary N) is 1. The fourth-order valence-electron chi connectivity index (χ4n) is 2.12. The Morgan fingerprint density at radius 3 is 2.42 bits per heavy atom. The number of hydrazine groups is 1. The Hall–Kier alpha value is -0.120. The lowest BCUT2D eigenvalue weighted by molar-refractivity contribution is 0.0960. The highest BCUT2D eigenvalue weighted by atomic mass is 16.5. The minimum Gasteiger partial charge on any atom is -0.348 e. The molecule has 70 valence electrons. The Bertz CT molecular complexity index is 126. The van der Waals surface area contributed by atoms with E-state index in [1.54, 1.807) is 0 Å². The van der Waals surface area contributed by atoms with Gasteiger partial charge >= 0.3 is 0 Å². The molecule has 3 nitrogen and oxygen atoms in total. The van der Waals surface area contributed by atoms with E-state index >= 15 is 0 Å². The van der Waals surface area contributed by atoms with Gasteiger partial charge in [-0.3, -0.25) is 0 Å². The van der Waals surface area contributed by atoms with Gasteiger partial charge in [-0.05, 0) is 12.8 Å². The zero-order valence-corrected chi connectivity index (χ0v) is 7.59. The fourth-order valence-corrected chi connectivity index (χ4v) is 2.12. The first-order valence-electron chi connectivity index (χ1n) is 5.05. The molecule has 0 aromatic rings. The smallest absolute Gasteiger partial charge is 0.114 e. The standard InChI is InChI=1S/C9H18N2O/c1-2-4-6-9(5-3-1)11-8-12-7-10-11/h9-10H,1-8H2. The average molecular weight is 170 g/mol. The molecule has 1 aliphatic carbocycles. The van der Waals surface area contributed by atoms with Crippen LogP contribution in [0.4, 0.5) is 0 Å². The minimum absolute atomic E-state index is 0.705. The van der Waals surface area contributed by atoms with Gasteiger partial charge in [-0.2, -0.15) is 0 Å². The second-order valence-corrected chi connectivity index (χ2v) is 3.75. The molecule has 12 heavy (non-hydrogen) atoms. The highest BCUT2D eigenvalue weighted by molar-refractivity contribution is 4.71. The predicted octanol–water partition coefficient (Wildman–Crippen LogP) is 1.46. The Labute approximate surface area is 74.0 Å². The summed E-state index contributed by atoms with van der Waals surface area (Å²) in [4.78, 5) is 0.